The van der Waals surface area contributed by atoms with E-state index in [1.54, 1.807) is 27.7 Å². The summed E-state index contributed by atoms with van der Waals surface area (Å²) in [5.74, 6) is -5.58. The van der Waals surface area contributed by atoms with Crippen LogP contribution in [0.25, 0.3) is 0 Å². The summed E-state index contributed by atoms with van der Waals surface area (Å²) in [7, 11) is -1.11. The van der Waals surface area contributed by atoms with E-state index in [0.29, 0.717) is 0 Å². The molecule has 0 atom stereocenters. The van der Waals surface area contributed by atoms with Crippen LogP contribution in [0.1, 0.15) is 50.9 Å². The number of carbonyl (C=O) groups excluding carboxylic acids is 1. The van der Waals surface area contributed by atoms with Crippen LogP contribution in [-0.4, -0.2) is 36.2 Å². The van der Waals surface area contributed by atoms with Crippen molar-refractivity contribution in [3.8, 4) is 0 Å². The third kappa shape index (κ3) is 3.34. The average Bonchev–Trinajstić information content (AvgIpc) is 2.67. The highest BCUT2D eigenvalue weighted by atomic mass is 19.3. The van der Waals surface area contributed by atoms with Crippen molar-refractivity contribution in [3.63, 3.8) is 0 Å². The van der Waals surface area contributed by atoms with Gasteiger partial charge in [-0.25, -0.2) is 17.6 Å². The lowest BCUT2D eigenvalue weighted by Gasteiger charge is -2.35. The van der Waals surface area contributed by atoms with Crippen molar-refractivity contribution >= 4 is 18.5 Å². The molecule has 26 heavy (non-hydrogen) atoms. The molecular weight excluding hydrogens is 353 g/mol. The minimum atomic E-state index is -2.82. The lowest BCUT2D eigenvalue weighted by atomic mass is 9.78. The number of hydrogen-bond donors (Lipinski definition) is 1. The van der Waals surface area contributed by atoms with Crippen molar-refractivity contribution in [2.24, 2.45) is 0 Å². The summed E-state index contributed by atoms with van der Waals surface area (Å²) in [6.07, 6.45) is -1.01. The molecule has 0 unspecified atom stereocenters. The van der Waals surface area contributed by atoms with Crippen LogP contribution in [0.2, 0.25) is 0 Å². The Kier molecular flexibility index (Phi) is 4.39. The fourth-order valence-electron chi connectivity index (χ4n) is 2.91. The summed E-state index contributed by atoms with van der Waals surface area (Å²) in [4.78, 5) is 12.0. The van der Waals surface area contributed by atoms with Crippen molar-refractivity contribution in [2.75, 3.05) is 0 Å². The topological polar surface area (TPSA) is 47.6 Å². The molecule has 1 aromatic carbocycles. The van der Waals surface area contributed by atoms with Crippen LogP contribution in [0.5, 0.6) is 0 Å². The second-order valence-electron chi connectivity index (χ2n) is 7.88. The number of benzene rings is 1. The summed E-state index contributed by atoms with van der Waals surface area (Å²) in [6, 6.07) is 0.839. The van der Waals surface area contributed by atoms with E-state index >= 15 is 0 Å². The van der Waals surface area contributed by atoms with Gasteiger partial charge in [0.1, 0.15) is 11.6 Å². The largest absolute Gasteiger partial charge is 0.497 e. The maximum atomic E-state index is 14.5. The molecule has 1 heterocycles. The van der Waals surface area contributed by atoms with Crippen molar-refractivity contribution < 1.29 is 31.7 Å². The highest BCUT2D eigenvalue weighted by molar-refractivity contribution is 6.62. The number of rotatable bonds is 3. The fourth-order valence-corrected chi connectivity index (χ4v) is 2.91. The number of alkyl halides is 2. The van der Waals surface area contributed by atoms with E-state index in [-0.39, 0.29) is 5.46 Å². The molecule has 9 heteroatoms. The van der Waals surface area contributed by atoms with E-state index in [0.717, 1.165) is 12.1 Å². The Hall–Kier alpha value is -1.61. The number of nitrogens with one attached hydrogen (secondary N) is 1. The van der Waals surface area contributed by atoms with Crippen LogP contribution >= 0.6 is 0 Å². The predicted molar refractivity (Wildman–Crippen MR) is 87.5 cm³/mol. The predicted octanol–water partition coefficient (Wildman–Crippen LogP) is 2.79. The van der Waals surface area contributed by atoms with E-state index in [2.05, 4.69) is 5.32 Å². The molecule has 0 spiro atoms. The SMILES string of the molecule is CC1(C)OB(c2cc(F)c(C(=O)NC3CC(F)(F)C3)cc2F)OC1(C)C. The summed E-state index contributed by atoms with van der Waals surface area (Å²) in [5.41, 5.74) is -2.16. The Morgan fingerprint density at radius 2 is 1.62 bits per heavy atom. The van der Waals surface area contributed by atoms with Gasteiger partial charge in [0, 0.05) is 24.3 Å². The van der Waals surface area contributed by atoms with E-state index in [1.165, 1.54) is 0 Å². The minimum Gasteiger partial charge on any atom is -0.399 e. The molecule has 1 amide bonds. The smallest absolute Gasteiger partial charge is 0.399 e. The van der Waals surface area contributed by atoms with E-state index < -0.39 is 66.2 Å². The Labute approximate surface area is 149 Å². The summed E-state index contributed by atoms with van der Waals surface area (Å²) >= 11 is 0. The zero-order valence-corrected chi connectivity index (χ0v) is 15.0. The Bertz CT molecular complexity index is 730. The van der Waals surface area contributed by atoms with Gasteiger partial charge in [0.05, 0.1) is 16.8 Å². The van der Waals surface area contributed by atoms with Crippen molar-refractivity contribution in [1.82, 2.24) is 5.32 Å². The van der Waals surface area contributed by atoms with Crippen LogP contribution in [0, 0.1) is 11.6 Å². The molecule has 1 saturated carbocycles. The third-order valence-corrected chi connectivity index (χ3v) is 5.26. The van der Waals surface area contributed by atoms with Crippen LogP contribution in [0.15, 0.2) is 12.1 Å². The summed E-state index contributed by atoms with van der Waals surface area (Å²) in [6.45, 7) is 7.10. The van der Waals surface area contributed by atoms with Crippen molar-refractivity contribution in [2.45, 2.75) is 63.7 Å². The van der Waals surface area contributed by atoms with Gasteiger partial charge in [-0.3, -0.25) is 4.79 Å². The van der Waals surface area contributed by atoms with Crippen molar-refractivity contribution in [3.05, 3.63) is 29.3 Å². The first kappa shape index (κ1) is 19.2. The molecule has 0 aromatic heterocycles. The maximum Gasteiger partial charge on any atom is 0.497 e. The van der Waals surface area contributed by atoms with Crippen LogP contribution in [0.3, 0.4) is 0 Å². The maximum absolute atomic E-state index is 14.5. The van der Waals surface area contributed by atoms with Gasteiger partial charge >= 0.3 is 7.12 Å². The first-order valence-electron chi connectivity index (χ1n) is 8.35. The second kappa shape index (κ2) is 5.95. The van der Waals surface area contributed by atoms with Crippen LogP contribution in [-0.2, 0) is 9.31 Å². The van der Waals surface area contributed by atoms with Crippen LogP contribution in [0.4, 0.5) is 17.6 Å². The monoisotopic (exact) mass is 373 g/mol. The van der Waals surface area contributed by atoms with Gasteiger partial charge in [0.2, 0.25) is 0 Å². The molecule has 0 radical (unpaired) electrons. The molecule has 0 bridgehead atoms. The Morgan fingerprint density at radius 1 is 1.08 bits per heavy atom. The minimum absolute atomic E-state index is 0.159. The lowest BCUT2D eigenvalue weighted by molar-refractivity contribution is -0.0901. The first-order valence-corrected chi connectivity index (χ1v) is 8.35. The fraction of sp³-hybridized carbons (Fsp3) is 0.588. The quantitative estimate of drug-likeness (QED) is 0.655. The van der Waals surface area contributed by atoms with Gasteiger partial charge in [-0.15, -0.1) is 0 Å². The molecule has 4 nitrogen and oxygen atoms in total. The molecule has 2 aliphatic rings. The summed E-state index contributed by atoms with van der Waals surface area (Å²) < 4.78 is 65.9. The average molecular weight is 373 g/mol. The van der Waals surface area contributed by atoms with Gasteiger partial charge in [-0.1, -0.05) is 0 Å². The molecule has 1 aromatic rings. The molecule has 3 rings (SSSR count). The highest BCUT2D eigenvalue weighted by Crippen LogP contribution is 2.38. The van der Waals surface area contributed by atoms with Gasteiger partial charge in [-0.05, 0) is 39.8 Å². The number of halogens is 4. The molecule has 2 fully saturated rings. The van der Waals surface area contributed by atoms with E-state index in [9.17, 15) is 22.4 Å². The molecular formula is C17H20BF4NO3. The van der Waals surface area contributed by atoms with Gasteiger partial charge < -0.3 is 14.6 Å². The normalized spacial score (nSPS) is 23.6. The van der Waals surface area contributed by atoms with Crippen LogP contribution < -0.4 is 10.8 Å². The van der Waals surface area contributed by atoms with Gasteiger partial charge in [-0.2, -0.15) is 0 Å². The standard InChI is InChI=1S/C17H20BF4NO3/c1-15(2)16(3,4)26-18(25-15)11-6-12(19)10(5-13(11)20)14(24)23-9-7-17(21,22)8-9/h5-6,9H,7-8H2,1-4H3,(H,23,24). The van der Waals surface area contributed by atoms with Gasteiger partial charge in [0.25, 0.3) is 11.8 Å². The molecule has 1 saturated heterocycles. The van der Waals surface area contributed by atoms with E-state index in [1.807, 2.05) is 0 Å². The summed E-state index contributed by atoms with van der Waals surface area (Å²) in [5, 5.41) is 2.28. The zero-order valence-electron chi connectivity index (χ0n) is 15.0. The first-order chi connectivity index (χ1) is 11.8. The number of carbonyl (C=O) groups is 1. The second-order valence-corrected chi connectivity index (χ2v) is 7.88. The molecule has 1 aliphatic heterocycles. The highest BCUT2D eigenvalue weighted by Gasteiger charge is 2.52. The Balaban J connectivity index is 1.78. The molecule has 142 valence electrons. The van der Waals surface area contributed by atoms with Crippen molar-refractivity contribution in [1.29, 1.82) is 0 Å². The lowest BCUT2D eigenvalue weighted by Crippen LogP contribution is -2.50. The molecule has 1 aliphatic carbocycles. The Morgan fingerprint density at radius 3 is 2.12 bits per heavy atom. The van der Waals surface area contributed by atoms with Gasteiger partial charge in [0.15, 0.2) is 0 Å². The number of hydrogen-bond acceptors (Lipinski definition) is 3. The molecule has 1 N–H and O–H groups in total. The third-order valence-electron chi connectivity index (χ3n) is 5.26. The number of amides is 1. The zero-order chi connectivity index (χ0) is 19.5. The van der Waals surface area contributed by atoms with E-state index in [4.69, 9.17) is 9.31 Å².